The third-order valence-electron chi connectivity index (χ3n) is 4.67. The van der Waals surface area contributed by atoms with Gasteiger partial charge in [-0.15, -0.1) is 0 Å². The Morgan fingerprint density at radius 1 is 1.22 bits per heavy atom. The quantitative estimate of drug-likeness (QED) is 0.344. The Kier molecular flexibility index (Phi) is 8.42. The summed E-state index contributed by atoms with van der Waals surface area (Å²) in [6.07, 6.45) is -3.82. The number of nitrogens with two attached hydrogens (primary N) is 1. The summed E-state index contributed by atoms with van der Waals surface area (Å²) in [7, 11) is 0. The van der Waals surface area contributed by atoms with Crippen LogP contribution in [0.1, 0.15) is 28.3 Å². The molecule has 2 amide bonds. The summed E-state index contributed by atoms with van der Waals surface area (Å²) < 4.78 is 66.2. The first-order chi connectivity index (χ1) is 17.0. The molecule has 2 aromatic heterocycles. The lowest BCUT2D eigenvalue weighted by molar-refractivity contribution is -0.154. The average Bonchev–Trinajstić information content (AvgIpc) is 3.31. The molecule has 3 rings (SSSR count). The number of pyridine rings is 1. The summed E-state index contributed by atoms with van der Waals surface area (Å²) in [6.45, 7) is -0.524. The minimum Gasteiger partial charge on any atom is -0.485 e. The zero-order chi connectivity index (χ0) is 26.5. The van der Waals surface area contributed by atoms with E-state index in [2.05, 4.69) is 19.4 Å². The molecule has 2 atom stereocenters. The first kappa shape index (κ1) is 26.8. The highest BCUT2D eigenvalue weighted by molar-refractivity contribution is 7.06. The highest BCUT2D eigenvalue weighted by atomic mass is 32.1. The third kappa shape index (κ3) is 7.11. The molecular weight excluding hydrogens is 508 g/mol. The molecule has 1 unspecified atom stereocenters. The number of aromatic nitrogens is 2. The lowest BCUT2D eigenvalue weighted by Gasteiger charge is -2.14. The zero-order valence-electron chi connectivity index (χ0n) is 18.6. The Morgan fingerprint density at radius 2 is 1.97 bits per heavy atom. The first-order valence-corrected chi connectivity index (χ1v) is 11.0. The van der Waals surface area contributed by atoms with Crippen molar-refractivity contribution in [2.24, 2.45) is 5.73 Å². The number of carbonyl (C=O) groups is 2. The second-order valence-electron chi connectivity index (χ2n) is 7.41. The number of primary amides is 1. The average molecular weight is 528 g/mol. The lowest BCUT2D eigenvalue weighted by Crippen LogP contribution is -2.47. The Morgan fingerprint density at radius 3 is 2.61 bits per heavy atom. The predicted molar refractivity (Wildman–Crippen MR) is 120 cm³/mol. The number of halogens is 4. The maximum absolute atomic E-state index is 14.6. The monoisotopic (exact) mass is 528 g/mol. The molecule has 0 aliphatic heterocycles. The second kappa shape index (κ2) is 11.3. The molecule has 0 aliphatic carbocycles. The number of nitrogens with zero attached hydrogens (tertiary/aromatic N) is 2. The van der Waals surface area contributed by atoms with Crippen molar-refractivity contribution in [3.63, 3.8) is 0 Å². The van der Waals surface area contributed by atoms with Crippen LogP contribution >= 0.6 is 11.5 Å². The Balaban J connectivity index is 1.68. The predicted octanol–water partition coefficient (Wildman–Crippen LogP) is 3.00. The van der Waals surface area contributed by atoms with E-state index in [1.54, 1.807) is 13.0 Å². The van der Waals surface area contributed by atoms with Crippen molar-refractivity contribution < 1.29 is 41.7 Å². The van der Waals surface area contributed by atoms with E-state index in [-0.39, 0.29) is 17.2 Å². The Labute approximate surface area is 206 Å². The van der Waals surface area contributed by atoms with Crippen molar-refractivity contribution in [3.05, 3.63) is 58.9 Å². The van der Waals surface area contributed by atoms with Crippen LogP contribution in [0.15, 0.2) is 42.6 Å². The second-order valence-corrected chi connectivity index (χ2v) is 8.25. The molecule has 0 bridgehead atoms. The van der Waals surface area contributed by atoms with Crippen LogP contribution in [-0.2, 0) is 4.79 Å². The van der Waals surface area contributed by atoms with Gasteiger partial charge < -0.3 is 25.6 Å². The molecule has 3 aromatic rings. The standard InChI is InChI=1S/C22H20F4N4O5S/c1-11(35-13-4-5-28-19(7-13)34-10-22(24,25)26)18-8-16(30-36-18)12-2-3-14(15(23)6-12)21(33)29-17(9-31)20(27)32/h2-8,11,17,31H,9-10H2,1H3,(H2,27,32)(H,29,33)/t11?,17-/m0/s1. The summed E-state index contributed by atoms with van der Waals surface area (Å²) in [4.78, 5) is 27.7. The van der Waals surface area contributed by atoms with Gasteiger partial charge in [0, 0.05) is 17.8 Å². The van der Waals surface area contributed by atoms with E-state index in [1.165, 1.54) is 30.5 Å². The molecule has 36 heavy (non-hydrogen) atoms. The number of rotatable bonds is 10. The molecule has 0 saturated heterocycles. The van der Waals surface area contributed by atoms with Gasteiger partial charge >= 0.3 is 6.18 Å². The SMILES string of the molecule is CC(Oc1ccnc(OCC(F)(F)F)c1)c1cc(-c2ccc(C(=O)N[C@@H](CO)C(N)=O)c(F)c2)ns1. The minimum absolute atomic E-state index is 0.225. The molecule has 2 heterocycles. The number of ether oxygens (including phenoxy) is 2. The largest absolute Gasteiger partial charge is 0.485 e. The number of aliphatic hydroxyl groups excluding tert-OH is 1. The van der Waals surface area contributed by atoms with Gasteiger partial charge in [-0.05, 0) is 42.7 Å². The van der Waals surface area contributed by atoms with Crippen molar-refractivity contribution in [3.8, 4) is 22.9 Å². The van der Waals surface area contributed by atoms with Crippen LogP contribution in [-0.4, -0.2) is 51.7 Å². The van der Waals surface area contributed by atoms with Crippen molar-refractivity contribution >= 4 is 23.3 Å². The molecule has 0 aliphatic rings. The molecule has 192 valence electrons. The van der Waals surface area contributed by atoms with Crippen molar-refractivity contribution in [1.29, 1.82) is 0 Å². The summed E-state index contributed by atoms with van der Waals surface area (Å²) >= 11 is 1.07. The fraction of sp³-hybridized carbons (Fsp3) is 0.273. The summed E-state index contributed by atoms with van der Waals surface area (Å²) in [5.41, 5.74) is 5.45. The van der Waals surface area contributed by atoms with Gasteiger partial charge in [0.05, 0.1) is 22.7 Å². The van der Waals surface area contributed by atoms with E-state index in [4.69, 9.17) is 15.6 Å². The molecule has 9 nitrogen and oxygen atoms in total. The maximum Gasteiger partial charge on any atom is 0.422 e. The van der Waals surface area contributed by atoms with Gasteiger partial charge in [0.2, 0.25) is 11.8 Å². The number of hydrogen-bond acceptors (Lipinski definition) is 8. The fourth-order valence-electron chi connectivity index (χ4n) is 2.88. The molecule has 0 fully saturated rings. The van der Waals surface area contributed by atoms with Crippen molar-refractivity contribution in [2.75, 3.05) is 13.2 Å². The van der Waals surface area contributed by atoms with E-state index in [0.717, 1.165) is 17.6 Å². The summed E-state index contributed by atoms with van der Waals surface area (Å²) in [5.74, 6) is -2.79. The van der Waals surface area contributed by atoms with E-state index in [1.807, 2.05) is 0 Å². The number of amides is 2. The van der Waals surface area contributed by atoms with E-state index < -0.39 is 49.2 Å². The van der Waals surface area contributed by atoms with Crippen LogP contribution in [0.2, 0.25) is 0 Å². The number of benzene rings is 1. The van der Waals surface area contributed by atoms with Crippen molar-refractivity contribution in [1.82, 2.24) is 14.7 Å². The lowest BCUT2D eigenvalue weighted by atomic mass is 10.1. The molecule has 0 radical (unpaired) electrons. The number of hydrogen-bond donors (Lipinski definition) is 3. The summed E-state index contributed by atoms with van der Waals surface area (Å²) in [6, 6.07) is 6.71. The van der Waals surface area contributed by atoms with Gasteiger partial charge in [-0.25, -0.2) is 9.37 Å². The molecule has 4 N–H and O–H groups in total. The zero-order valence-corrected chi connectivity index (χ0v) is 19.4. The highest BCUT2D eigenvalue weighted by Gasteiger charge is 2.28. The highest BCUT2D eigenvalue weighted by Crippen LogP contribution is 2.31. The van der Waals surface area contributed by atoms with Crippen molar-refractivity contribution in [2.45, 2.75) is 25.2 Å². The normalized spacial score (nSPS) is 13.1. The topological polar surface area (TPSA) is 137 Å². The van der Waals surface area contributed by atoms with Gasteiger partial charge in [-0.3, -0.25) is 9.59 Å². The Hall–Kier alpha value is -3.78. The fourth-order valence-corrected chi connectivity index (χ4v) is 3.60. The third-order valence-corrected chi connectivity index (χ3v) is 5.62. The van der Waals surface area contributed by atoms with Crippen LogP contribution < -0.4 is 20.5 Å². The molecule has 0 saturated carbocycles. The van der Waals surface area contributed by atoms with Gasteiger partial charge in [-0.1, -0.05) is 6.07 Å². The van der Waals surface area contributed by atoms with Gasteiger partial charge in [0.25, 0.3) is 5.91 Å². The van der Waals surface area contributed by atoms with Gasteiger partial charge in [-0.2, -0.15) is 17.5 Å². The Bertz CT molecular complexity index is 1240. The van der Waals surface area contributed by atoms with Crippen LogP contribution in [0.5, 0.6) is 11.6 Å². The number of nitrogens with one attached hydrogen (secondary N) is 1. The molecular formula is C22H20F4N4O5S. The van der Waals surface area contributed by atoms with Crippen LogP contribution in [0.4, 0.5) is 17.6 Å². The smallest absolute Gasteiger partial charge is 0.422 e. The van der Waals surface area contributed by atoms with Crippen LogP contribution in [0, 0.1) is 5.82 Å². The van der Waals surface area contributed by atoms with E-state index >= 15 is 0 Å². The number of alkyl halides is 3. The van der Waals surface area contributed by atoms with E-state index in [0.29, 0.717) is 16.1 Å². The molecule has 14 heteroatoms. The number of carbonyl (C=O) groups excluding carboxylic acids is 2. The van der Waals surface area contributed by atoms with E-state index in [9.17, 15) is 27.2 Å². The van der Waals surface area contributed by atoms with Gasteiger partial charge in [0.15, 0.2) is 6.61 Å². The van der Waals surface area contributed by atoms with Crippen LogP contribution in [0.25, 0.3) is 11.3 Å². The number of aliphatic hydroxyl groups is 1. The maximum atomic E-state index is 14.6. The van der Waals surface area contributed by atoms with Gasteiger partial charge in [0.1, 0.15) is 23.7 Å². The molecule has 1 aromatic carbocycles. The first-order valence-electron chi connectivity index (χ1n) is 10.3. The minimum atomic E-state index is -4.50. The molecule has 0 spiro atoms. The van der Waals surface area contributed by atoms with Crippen LogP contribution in [0.3, 0.4) is 0 Å². The summed E-state index contributed by atoms with van der Waals surface area (Å²) in [5, 5.41) is 11.2.